The zero-order valence-electron chi connectivity index (χ0n) is 12.0. The van der Waals surface area contributed by atoms with Gasteiger partial charge >= 0.3 is 0 Å². The maximum absolute atomic E-state index is 9.64. The third-order valence-corrected chi connectivity index (χ3v) is 4.35. The minimum absolute atomic E-state index is 0.0701. The van der Waals surface area contributed by atoms with Crippen LogP contribution < -0.4 is 4.90 Å². The number of hydrogen-bond acceptors (Lipinski definition) is 3. The van der Waals surface area contributed by atoms with Crippen LogP contribution in [0.25, 0.3) is 10.9 Å². The second-order valence-electron chi connectivity index (χ2n) is 5.57. The first-order valence-corrected chi connectivity index (χ1v) is 7.59. The molecular formula is C17H22N2O. The Hall–Kier alpha value is -1.61. The van der Waals surface area contributed by atoms with Crippen molar-refractivity contribution in [2.75, 3.05) is 11.4 Å². The minimum Gasteiger partial charge on any atom is -0.392 e. The van der Waals surface area contributed by atoms with Crippen molar-refractivity contribution in [3.63, 3.8) is 0 Å². The zero-order chi connectivity index (χ0) is 13.9. The number of anilines is 1. The second-order valence-corrected chi connectivity index (χ2v) is 5.57. The predicted octanol–water partition coefficient (Wildman–Crippen LogP) is 3.50. The lowest BCUT2D eigenvalue weighted by atomic mass is 9.99. The molecule has 0 bridgehead atoms. The number of aromatic nitrogens is 1. The number of rotatable bonds is 3. The van der Waals surface area contributed by atoms with Gasteiger partial charge < -0.3 is 10.0 Å². The van der Waals surface area contributed by atoms with Crippen molar-refractivity contribution in [1.82, 2.24) is 4.98 Å². The van der Waals surface area contributed by atoms with Gasteiger partial charge in [-0.1, -0.05) is 25.1 Å². The van der Waals surface area contributed by atoms with Crippen LogP contribution >= 0.6 is 0 Å². The Morgan fingerprint density at radius 1 is 1.30 bits per heavy atom. The van der Waals surface area contributed by atoms with E-state index < -0.39 is 0 Å². The monoisotopic (exact) mass is 270 g/mol. The van der Waals surface area contributed by atoms with E-state index in [9.17, 15) is 5.11 Å². The molecular weight excluding hydrogens is 248 g/mol. The fourth-order valence-electron chi connectivity index (χ4n) is 3.24. The summed E-state index contributed by atoms with van der Waals surface area (Å²) >= 11 is 0. The Balaban J connectivity index is 2.06. The van der Waals surface area contributed by atoms with Gasteiger partial charge in [-0.2, -0.15) is 0 Å². The fraction of sp³-hybridized carbons (Fsp3) is 0.471. The number of fused-ring (bicyclic) bond motifs is 1. The van der Waals surface area contributed by atoms with Gasteiger partial charge in [-0.05, 0) is 43.4 Å². The largest absolute Gasteiger partial charge is 0.392 e. The minimum atomic E-state index is 0.0701. The summed E-state index contributed by atoms with van der Waals surface area (Å²) in [4.78, 5) is 7.25. The average molecular weight is 270 g/mol. The molecule has 3 heteroatoms. The first kappa shape index (κ1) is 13.4. The molecule has 1 fully saturated rings. The van der Waals surface area contributed by atoms with Gasteiger partial charge in [0, 0.05) is 18.0 Å². The van der Waals surface area contributed by atoms with Crippen LogP contribution in [0.1, 0.15) is 38.2 Å². The van der Waals surface area contributed by atoms with Crippen LogP contribution in [-0.2, 0) is 6.61 Å². The Morgan fingerprint density at radius 3 is 2.95 bits per heavy atom. The van der Waals surface area contributed by atoms with Crippen LogP contribution in [-0.4, -0.2) is 22.7 Å². The Labute approximate surface area is 120 Å². The first-order valence-electron chi connectivity index (χ1n) is 7.59. The molecule has 1 unspecified atom stereocenters. The molecule has 2 aromatic rings. The van der Waals surface area contributed by atoms with E-state index in [1.165, 1.54) is 19.3 Å². The Morgan fingerprint density at radius 2 is 2.15 bits per heavy atom. The van der Waals surface area contributed by atoms with E-state index in [0.29, 0.717) is 6.04 Å². The van der Waals surface area contributed by atoms with Crippen molar-refractivity contribution in [3.8, 4) is 0 Å². The van der Waals surface area contributed by atoms with Crippen LogP contribution in [0.2, 0.25) is 0 Å². The van der Waals surface area contributed by atoms with Crippen LogP contribution in [0.5, 0.6) is 0 Å². The molecule has 1 aliphatic heterocycles. The van der Waals surface area contributed by atoms with Crippen LogP contribution in [0.15, 0.2) is 30.3 Å². The average Bonchev–Trinajstić information content (AvgIpc) is 2.53. The molecule has 1 saturated heterocycles. The number of pyridine rings is 1. The van der Waals surface area contributed by atoms with Crippen molar-refractivity contribution in [2.24, 2.45) is 0 Å². The van der Waals surface area contributed by atoms with Crippen molar-refractivity contribution in [1.29, 1.82) is 0 Å². The van der Waals surface area contributed by atoms with Crippen molar-refractivity contribution in [2.45, 2.75) is 45.3 Å². The highest BCUT2D eigenvalue weighted by atomic mass is 16.3. The van der Waals surface area contributed by atoms with Gasteiger partial charge in [-0.15, -0.1) is 0 Å². The molecule has 106 valence electrons. The van der Waals surface area contributed by atoms with Gasteiger partial charge in [-0.3, -0.25) is 0 Å². The molecule has 3 nitrogen and oxygen atoms in total. The Kier molecular flexibility index (Phi) is 3.88. The summed E-state index contributed by atoms with van der Waals surface area (Å²) in [6, 6.07) is 10.7. The third kappa shape index (κ3) is 2.38. The predicted molar refractivity (Wildman–Crippen MR) is 82.9 cm³/mol. The molecule has 0 aliphatic carbocycles. The summed E-state index contributed by atoms with van der Waals surface area (Å²) in [6.45, 7) is 3.40. The lowest BCUT2D eigenvalue weighted by molar-refractivity contribution is 0.283. The normalized spacial score (nSPS) is 19.5. The standard InChI is InChI=1S/C17H22N2O/c1-2-14-7-5-6-10-19(14)17-11-13(12-20)15-8-3-4-9-16(15)18-17/h3-4,8-9,11,14,20H,2,5-7,10,12H2,1H3. The lowest BCUT2D eigenvalue weighted by Crippen LogP contribution is -2.39. The Bertz CT molecular complexity index is 597. The number of benzene rings is 1. The third-order valence-electron chi connectivity index (χ3n) is 4.35. The molecule has 20 heavy (non-hydrogen) atoms. The number of aliphatic hydroxyl groups is 1. The van der Waals surface area contributed by atoms with Gasteiger partial charge in [-0.25, -0.2) is 4.98 Å². The van der Waals surface area contributed by atoms with Crippen molar-refractivity contribution >= 4 is 16.7 Å². The first-order chi connectivity index (χ1) is 9.83. The SMILES string of the molecule is CCC1CCCCN1c1cc(CO)c2ccccc2n1. The van der Waals surface area contributed by atoms with Crippen molar-refractivity contribution < 1.29 is 5.11 Å². The molecule has 1 aromatic carbocycles. The van der Waals surface area contributed by atoms with E-state index in [-0.39, 0.29) is 6.61 Å². The van der Waals surface area contributed by atoms with Gasteiger partial charge in [0.25, 0.3) is 0 Å². The van der Waals surface area contributed by atoms with E-state index in [1.807, 2.05) is 24.3 Å². The number of para-hydroxylation sites is 1. The summed E-state index contributed by atoms with van der Waals surface area (Å²) in [6.07, 6.45) is 4.96. The molecule has 0 amide bonds. The van der Waals surface area contributed by atoms with Gasteiger partial charge in [0.2, 0.25) is 0 Å². The summed E-state index contributed by atoms with van der Waals surface area (Å²) in [7, 11) is 0. The zero-order valence-corrected chi connectivity index (χ0v) is 12.0. The van der Waals surface area contributed by atoms with Crippen molar-refractivity contribution in [3.05, 3.63) is 35.9 Å². The van der Waals surface area contributed by atoms with Crippen LogP contribution in [0.4, 0.5) is 5.82 Å². The maximum atomic E-state index is 9.64. The van der Waals surface area contributed by atoms with E-state index in [0.717, 1.165) is 35.2 Å². The molecule has 0 saturated carbocycles. The topological polar surface area (TPSA) is 36.4 Å². The lowest BCUT2D eigenvalue weighted by Gasteiger charge is -2.36. The molecule has 2 heterocycles. The molecule has 1 atom stereocenters. The quantitative estimate of drug-likeness (QED) is 0.927. The number of nitrogens with zero attached hydrogens (tertiary/aromatic N) is 2. The summed E-state index contributed by atoms with van der Waals surface area (Å²) in [5.41, 5.74) is 1.96. The highest BCUT2D eigenvalue weighted by molar-refractivity contribution is 5.84. The maximum Gasteiger partial charge on any atom is 0.129 e. The van der Waals surface area contributed by atoms with E-state index >= 15 is 0 Å². The smallest absolute Gasteiger partial charge is 0.129 e. The molecule has 1 N–H and O–H groups in total. The van der Waals surface area contributed by atoms with Gasteiger partial charge in [0.05, 0.1) is 12.1 Å². The van der Waals surface area contributed by atoms with E-state index in [4.69, 9.17) is 4.98 Å². The second kappa shape index (κ2) is 5.80. The van der Waals surface area contributed by atoms with Gasteiger partial charge in [0.15, 0.2) is 0 Å². The molecule has 1 aromatic heterocycles. The molecule has 0 spiro atoms. The highest BCUT2D eigenvalue weighted by Gasteiger charge is 2.22. The molecule has 0 radical (unpaired) electrons. The molecule has 3 rings (SSSR count). The van der Waals surface area contributed by atoms with Crippen LogP contribution in [0.3, 0.4) is 0 Å². The van der Waals surface area contributed by atoms with E-state index in [2.05, 4.69) is 17.9 Å². The summed E-state index contributed by atoms with van der Waals surface area (Å²) < 4.78 is 0. The van der Waals surface area contributed by atoms with E-state index in [1.54, 1.807) is 0 Å². The molecule has 1 aliphatic rings. The van der Waals surface area contributed by atoms with Gasteiger partial charge in [0.1, 0.15) is 5.82 Å². The van der Waals surface area contributed by atoms with Crippen LogP contribution in [0, 0.1) is 0 Å². The summed E-state index contributed by atoms with van der Waals surface area (Å²) in [5, 5.41) is 10.7. The number of hydrogen-bond donors (Lipinski definition) is 1. The summed E-state index contributed by atoms with van der Waals surface area (Å²) in [5.74, 6) is 1.03. The highest BCUT2D eigenvalue weighted by Crippen LogP contribution is 2.28. The fourth-order valence-corrected chi connectivity index (χ4v) is 3.24. The number of aliphatic hydroxyl groups excluding tert-OH is 1. The number of piperidine rings is 1.